The first kappa shape index (κ1) is 27.0. The summed E-state index contributed by atoms with van der Waals surface area (Å²) < 4.78 is 36.9. The minimum atomic E-state index is -4.31. The summed E-state index contributed by atoms with van der Waals surface area (Å²) >= 11 is 3.53. The van der Waals surface area contributed by atoms with E-state index in [9.17, 15) is 0 Å². The maximum atomic E-state index is 15.3. The van der Waals surface area contributed by atoms with E-state index in [4.69, 9.17) is 14.7 Å². The Morgan fingerprint density at radius 2 is 1.17 bits per heavy atom. The Kier molecular flexibility index (Phi) is 7.01. The van der Waals surface area contributed by atoms with Gasteiger partial charge in [-0.15, -0.1) is 0 Å². The van der Waals surface area contributed by atoms with Crippen molar-refractivity contribution in [3.8, 4) is 5.75 Å². The molecule has 1 aliphatic heterocycles. The molecule has 5 aromatic rings. The maximum absolute atomic E-state index is 15.3. The number of ether oxygens (including phenoxy) is 1. The van der Waals surface area contributed by atoms with Crippen LogP contribution in [0.5, 0.6) is 5.75 Å². The van der Waals surface area contributed by atoms with Gasteiger partial charge in [-0.3, -0.25) is 0 Å². The van der Waals surface area contributed by atoms with E-state index in [1.165, 1.54) is 0 Å². The van der Waals surface area contributed by atoms with Crippen LogP contribution in [0.4, 0.5) is 0 Å². The minimum absolute atomic E-state index is 0.124. The molecule has 0 aliphatic carbocycles. The maximum Gasteiger partial charge on any atom is 0.285 e. The van der Waals surface area contributed by atoms with E-state index < -0.39 is 20.2 Å². The molecule has 7 heteroatoms. The average Bonchev–Trinajstić information content (AvgIpc) is 3.41. The van der Waals surface area contributed by atoms with Crippen LogP contribution in [0.15, 0.2) is 154 Å². The number of rotatable bonds is 7. The molecule has 1 aliphatic rings. The highest BCUT2D eigenvalue weighted by atomic mass is 79.9. The molecule has 204 valence electrons. The molecule has 1 atom stereocenters. The zero-order valence-corrected chi connectivity index (χ0v) is 24.5. The van der Waals surface area contributed by atoms with Gasteiger partial charge in [0.1, 0.15) is 16.9 Å². The molecule has 6 rings (SSSR count). The molecule has 0 N–H and O–H groups in total. The second-order valence-electron chi connectivity index (χ2n) is 9.68. The number of halogens is 1. The molecule has 0 fully saturated rings. The number of hydrogen-bond acceptors (Lipinski definition) is 5. The van der Waals surface area contributed by atoms with Gasteiger partial charge in [-0.2, -0.15) is 0 Å². The van der Waals surface area contributed by atoms with Crippen LogP contribution in [0.1, 0.15) is 22.3 Å². The third-order valence-electron chi connectivity index (χ3n) is 7.55. The van der Waals surface area contributed by atoms with E-state index in [0.717, 1.165) is 21.2 Å². The van der Waals surface area contributed by atoms with Crippen LogP contribution in [-0.4, -0.2) is 21.2 Å². The third kappa shape index (κ3) is 4.11. The van der Waals surface area contributed by atoms with Crippen molar-refractivity contribution in [2.45, 2.75) is 15.2 Å². The molecule has 5 nitrogen and oxygen atoms in total. The van der Waals surface area contributed by atoms with E-state index in [0.29, 0.717) is 17.0 Å². The van der Waals surface area contributed by atoms with Crippen LogP contribution < -0.4 is 4.74 Å². The monoisotopic (exact) mass is 623 g/mol. The van der Waals surface area contributed by atoms with Gasteiger partial charge in [0.05, 0.1) is 12.0 Å². The van der Waals surface area contributed by atoms with Crippen molar-refractivity contribution in [2.24, 2.45) is 5.16 Å². The average molecular weight is 625 g/mol. The summed E-state index contributed by atoms with van der Waals surface area (Å²) in [6.07, 6.45) is 0. The normalized spacial score (nSPS) is 17.9. The predicted octanol–water partition coefficient (Wildman–Crippen LogP) is 7.51. The zero-order valence-electron chi connectivity index (χ0n) is 22.1. The molecule has 0 spiro atoms. The van der Waals surface area contributed by atoms with Crippen molar-refractivity contribution in [1.82, 2.24) is 0 Å². The van der Waals surface area contributed by atoms with Crippen molar-refractivity contribution in [1.29, 1.82) is 0 Å². The van der Waals surface area contributed by atoms with Crippen LogP contribution in [0.2, 0.25) is 0 Å². The largest absolute Gasteiger partial charge is 0.497 e. The van der Waals surface area contributed by atoms with Crippen LogP contribution in [-0.2, 0) is 25.0 Å². The van der Waals surface area contributed by atoms with Gasteiger partial charge in [-0.05, 0) is 47.5 Å². The summed E-state index contributed by atoms with van der Waals surface area (Å²) in [5.74, 6) is 0.595. The minimum Gasteiger partial charge on any atom is -0.497 e. The lowest BCUT2D eigenvalue weighted by Crippen LogP contribution is -2.57. The molecule has 5 aromatic carbocycles. The lowest BCUT2D eigenvalue weighted by atomic mass is 9.64. The number of benzene rings is 5. The van der Waals surface area contributed by atoms with E-state index in [1.54, 1.807) is 61.7 Å². The van der Waals surface area contributed by atoms with E-state index in [1.807, 2.05) is 84.9 Å². The molecule has 0 aromatic heterocycles. The Labute approximate surface area is 248 Å². The fourth-order valence-corrected chi connectivity index (χ4v) is 8.16. The second-order valence-corrected chi connectivity index (χ2v) is 12.7. The van der Waals surface area contributed by atoms with Crippen LogP contribution in [0.25, 0.3) is 0 Å². The second kappa shape index (κ2) is 10.7. The SMILES string of the molecule is COc1ccc(C2(S(=O)(=O)c3ccccc3)ON=C(c3ccc(Br)cc3)C2(c2ccccc2)c2ccccc2)cc1. The number of hydrogen-bond donors (Lipinski definition) is 0. The lowest BCUT2D eigenvalue weighted by Gasteiger charge is -2.44. The topological polar surface area (TPSA) is 65.0 Å². The standard InChI is InChI=1S/C34H26BrNO4S/c1-39-30-23-19-28(20-24-30)34(41(37,38)31-15-9-4-10-16-31)33(26-11-5-2-6-12-26,27-13-7-3-8-14-27)32(36-40-34)25-17-21-29(35)22-18-25/h2-24H,1H3. The van der Waals surface area contributed by atoms with E-state index >= 15 is 8.42 Å². The van der Waals surface area contributed by atoms with Crippen LogP contribution in [0, 0.1) is 0 Å². The molecule has 0 amide bonds. The van der Waals surface area contributed by atoms with Gasteiger partial charge in [-0.25, -0.2) is 8.42 Å². The van der Waals surface area contributed by atoms with Crippen molar-refractivity contribution in [2.75, 3.05) is 7.11 Å². The molecule has 0 saturated carbocycles. The molecular weight excluding hydrogens is 598 g/mol. The van der Waals surface area contributed by atoms with Gasteiger partial charge >= 0.3 is 0 Å². The first-order valence-electron chi connectivity index (χ1n) is 13.0. The Hall–Kier alpha value is -4.20. The lowest BCUT2D eigenvalue weighted by molar-refractivity contribution is 0.0169. The Bertz CT molecular complexity index is 1750. The quantitative estimate of drug-likeness (QED) is 0.188. The van der Waals surface area contributed by atoms with Crippen LogP contribution >= 0.6 is 15.9 Å². The van der Waals surface area contributed by atoms with Crippen molar-refractivity contribution in [3.05, 3.63) is 166 Å². The fourth-order valence-electron chi connectivity index (χ4n) is 5.73. The molecular formula is C34H26BrNO4S. The van der Waals surface area contributed by atoms with Gasteiger partial charge < -0.3 is 9.57 Å². The van der Waals surface area contributed by atoms with Gasteiger partial charge in [0.2, 0.25) is 9.84 Å². The summed E-state index contributed by atoms with van der Waals surface area (Å²) in [5, 5.41) is 4.70. The summed E-state index contributed by atoms with van der Waals surface area (Å²) in [5.41, 5.74) is 1.66. The third-order valence-corrected chi connectivity index (χ3v) is 10.3. The van der Waals surface area contributed by atoms with E-state index in [-0.39, 0.29) is 4.90 Å². The number of oxime groups is 1. The number of nitrogens with zero attached hydrogens (tertiary/aromatic N) is 1. The molecule has 41 heavy (non-hydrogen) atoms. The van der Waals surface area contributed by atoms with Gasteiger partial charge in [0.25, 0.3) is 4.93 Å². The van der Waals surface area contributed by atoms with Gasteiger partial charge in [0.15, 0.2) is 0 Å². The molecule has 0 radical (unpaired) electrons. The zero-order chi connectivity index (χ0) is 28.5. The first-order valence-corrected chi connectivity index (χ1v) is 15.3. The molecule has 0 saturated heterocycles. The Morgan fingerprint density at radius 3 is 1.68 bits per heavy atom. The van der Waals surface area contributed by atoms with Gasteiger partial charge in [-0.1, -0.05) is 124 Å². The highest BCUT2D eigenvalue weighted by molar-refractivity contribution is 9.10. The van der Waals surface area contributed by atoms with Crippen LogP contribution in [0.3, 0.4) is 0 Å². The Balaban J connectivity index is 1.81. The number of methoxy groups -OCH3 is 1. The highest BCUT2D eigenvalue weighted by Gasteiger charge is 2.71. The Morgan fingerprint density at radius 1 is 0.659 bits per heavy atom. The molecule has 1 heterocycles. The molecule has 0 bridgehead atoms. The first-order chi connectivity index (χ1) is 19.9. The summed E-state index contributed by atoms with van der Waals surface area (Å²) in [6, 6.07) is 42.3. The van der Waals surface area contributed by atoms with Crippen molar-refractivity contribution < 1.29 is 18.0 Å². The summed E-state index contributed by atoms with van der Waals surface area (Å²) in [6.45, 7) is 0. The predicted molar refractivity (Wildman–Crippen MR) is 164 cm³/mol. The smallest absolute Gasteiger partial charge is 0.285 e. The molecule has 1 unspecified atom stereocenters. The van der Waals surface area contributed by atoms with Crippen molar-refractivity contribution in [3.63, 3.8) is 0 Å². The fraction of sp³-hybridized carbons (Fsp3) is 0.0882. The summed E-state index contributed by atoms with van der Waals surface area (Å²) in [7, 11) is -2.74. The van der Waals surface area contributed by atoms with Gasteiger partial charge in [0, 0.05) is 15.6 Å². The number of sulfone groups is 1. The highest BCUT2D eigenvalue weighted by Crippen LogP contribution is 2.60. The van der Waals surface area contributed by atoms with E-state index in [2.05, 4.69) is 15.9 Å². The van der Waals surface area contributed by atoms with Crippen molar-refractivity contribution >= 4 is 31.5 Å². The summed E-state index contributed by atoms with van der Waals surface area (Å²) in [4.78, 5) is 4.58.